The Kier molecular flexibility index (Phi) is 19.0. The molecule has 1 unspecified atom stereocenters. The van der Waals surface area contributed by atoms with Gasteiger partial charge in [0.15, 0.2) is 6.61 Å². The molecule has 1 aliphatic rings. The molecule has 0 aliphatic carbocycles. The summed E-state index contributed by atoms with van der Waals surface area (Å²) in [6, 6.07) is 3.33. The summed E-state index contributed by atoms with van der Waals surface area (Å²) in [5, 5.41) is 5.07. The van der Waals surface area contributed by atoms with E-state index in [1.54, 1.807) is 0 Å². The molecule has 1 aliphatic heterocycles. The second kappa shape index (κ2) is 22.0. The quantitative estimate of drug-likeness (QED) is 0.106. The zero-order chi connectivity index (χ0) is 31.2. The lowest BCUT2D eigenvalue weighted by Crippen LogP contribution is -2.41. The summed E-state index contributed by atoms with van der Waals surface area (Å²) in [6.07, 6.45) is 1.41. The van der Waals surface area contributed by atoms with Gasteiger partial charge in [0.1, 0.15) is 18.8 Å². The van der Waals surface area contributed by atoms with Crippen molar-refractivity contribution in [3.05, 3.63) is 29.3 Å². The highest BCUT2D eigenvalue weighted by atomic mass is 16.6. The van der Waals surface area contributed by atoms with E-state index in [2.05, 4.69) is 10.6 Å². The fourth-order valence-corrected chi connectivity index (χ4v) is 3.72. The van der Waals surface area contributed by atoms with Crippen molar-refractivity contribution in [1.29, 1.82) is 0 Å². The smallest absolute Gasteiger partial charge is 0.265 e. The van der Waals surface area contributed by atoms with Crippen molar-refractivity contribution in [3.63, 3.8) is 0 Å². The van der Waals surface area contributed by atoms with Crippen LogP contribution in [0.2, 0.25) is 0 Å². The minimum atomic E-state index is -1.10. The van der Waals surface area contributed by atoms with Crippen LogP contribution in [-0.2, 0) is 38.1 Å². The Morgan fingerprint density at radius 3 is 2.07 bits per heavy atom. The number of carbonyl (C=O) groups is 6. The molecule has 14 heteroatoms. The van der Waals surface area contributed by atoms with Crippen LogP contribution in [0.4, 0.5) is 0 Å². The van der Waals surface area contributed by atoms with E-state index in [4.69, 9.17) is 28.5 Å². The molecule has 1 atom stereocenters. The average molecular weight is 596 g/mol. The van der Waals surface area contributed by atoms with Crippen molar-refractivity contribution >= 4 is 36.7 Å². The number of amides is 4. The first kappa shape index (κ1) is 36.3. The summed E-state index contributed by atoms with van der Waals surface area (Å²) in [7, 11) is 1.45. The summed E-state index contributed by atoms with van der Waals surface area (Å²) in [5.74, 6) is -2.08. The molecular weight excluding hydrogens is 554 g/mol. The zero-order valence-corrected chi connectivity index (χ0v) is 24.2. The third-order valence-corrected chi connectivity index (χ3v) is 5.73. The molecule has 1 aromatic rings. The molecule has 0 radical (unpaired) electrons. The minimum absolute atomic E-state index is 0.00905. The van der Waals surface area contributed by atoms with Crippen LogP contribution in [0.3, 0.4) is 0 Å². The number of aldehydes is 1. The molecule has 0 fully saturated rings. The first-order chi connectivity index (χ1) is 20.4. The average Bonchev–Trinajstić information content (AvgIpc) is 3.27. The second-order valence-electron chi connectivity index (χ2n) is 8.66. The van der Waals surface area contributed by atoms with Crippen LogP contribution >= 0.6 is 0 Å². The number of imide groups is 1. The first-order valence-electron chi connectivity index (χ1n) is 13.6. The van der Waals surface area contributed by atoms with Gasteiger partial charge in [-0.3, -0.25) is 24.1 Å². The van der Waals surface area contributed by atoms with Crippen LogP contribution in [0.15, 0.2) is 18.2 Å². The Labute approximate surface area is 245 Å². The minimum Gasteiger partial charge on any atom is -0.483 e. The predicted molar refractivity (Wildman–Crippen MR) is 149 cm³/mol. The standard InChI is InChI=1S/C27H39N3O10.CH2O/c1-3-10-36-12-14-38-16-17-39-15-13-37-11-9-29-24(33)19-40-22-6-4-5-21-25(22)27(35)30(26(21)34)20(18-31)7-8-23(32)28-2;1-2/h4-6,18,20H,3,7-17,19H2,1-2H3,(H,28,32)(H,29,33);1H2. The van der Waals surface area contributed by atoms with Crippen molar-refractivity contribution < 1.29 is 52.5 Å². The molecule has 0 bridgehead atoms. The zero-order valence-electron chi connectivity index (χ0n) is 24.2. The Morgan fingerprint density at radius 2 is 1.50 bits per heavy atom. The highest BCUT2D eigenvalue weighted by Crippen LogP contribution is 2.32. The lowest BCUT2D eigenvalue weighted by Gasteiger charge is -2.21. The van der Waals surface area contributed by atoms with E-state index in [1.165, 1.54) is 25.2 Å². The molecule has 42 heavy (non-hydrogen) atoms. The Morgan fingerprint density at radius 1 is 0.905 bits per heavy atom. The van der Waals surface area contributed by atoms with Gasteiger partial charge in [-0.25, -0.2) is 0 Å². The van der Waals surface area contributed by atoms with E-state index in [9.17, 15) is 24.0 Å². The Balaban J connectivity index is 0.00000431. The molecule has 1 aromatic carbocycles. The summed E-state index contributed by atoms with van der Waals surface area (Å²) in [6.45, 7) is 7.69. The lowest BCUT2D eigenvalue weighted by atomic mass is 10.1. The van der Waals surface area contributed by atoms with Gasteiger partial charge in [0.05, 0.1) is 63.4 Å². The molecule has 234 valence electrons. The van der Waals surface area contributed by atoms with Crippen LogP contribution in [0.25, 0.3) is 0 Å². The molecule has 0 aromatic heterocycles. The highest BCUT2D eigenvalue weighted by molar-refractivity contribution is 6.23. The van der Waals surface area contributed by atoms with E-state index >= 15 is 0 Å². The predicted octanol–water partition coefficient (Wildman–Crippen LogP) is 0.163. The van der Waals surface area contributed by atoms with Gasteiger partial charge in [-0.05, 0) is 25.0 Å². The maximum Gasteiger partial charge on any atom is 0.265 e. The monoisotopic (exact) mass is 595 g/mol. The molecule has 0 saturated heterocycles. The maximum atomic E-state index is 13.0. The fraction of sp³-hybridized carbons (Fsp3) is 0.571. The summed E-state index contributed by atoms with van der Waals surface area (Å²) in [4.78, 5) is 70.1. The molecule has 0 saturated carbocycles. The van der Waals surface area contributed by atoms with Crippen LogP contribution in [0.5, 0.6) is 5.75 Å². The van der Waals surface area contributed by atoms with Crippen molar-refractivity contribution in [1.82, 2.24) is 15.5 Å². The SMILES string of the molecule is C=O.CCCOCCOCCOCCOCCNC(=O)COc1cccc2c1C(=O)N(C(C=O)CCC(=O)NC)C2=O. The number of hydrogen-bond donors (Lipinski definition) is 2. The second-order valence-corrected chi connectivity index (χ2v) is 8.66. The van der Waals surface area contributed by atoms with Gasteiger partial charge < -0.3 is 43.9 Å². The molecular formula is C28H41N3O11. The summed E-state index contributed by atoms with van der Waals surface area (Å²) >= 11 is 0. The number of hydrogen-bond acceptors (Lipinski definition) is 11. The van der Waals surface area contributed by atoms with Crippen molar-refractivity contribution in [2.75, 3.05) is 73.1 Å². The van der Waals surface area contributed by atoms with E-state index in [-0.39, 0.29) is 48.8 Å². The highest BCUT2D eigenvalue weighted by Gasteiger charge is 2.42. The van der Waals surface area contributed by atoms with E-state index in [0.29, 0.717) is 45.9 Å². The molecule has 4 amide bonds. The van der Waals surface area contributed by atoms with Gasteiger partial charge in [-0.15, -0.1) is 0 Å². The van der Waals surface area contributed by atoms with Crippen LogP contribution in [0, 0.1) is 0 Å². The number of rotatable bonds is 22. The first-order valence-corrected chi connectivity index (χ1v) is 13.6. The number of ether oxygens (including phenoxy) is 5. The molecule has 2 N–H and O–H groups in total. The van der Waals surface area contributed by atoms with Crippen molar-refractivity contribution in [3.8, 4) is 5.75 Å². The van der Waals surface area contributed by atoms with Crippen molar-refractivity contribution in [2.24, 2.45) is 0 Å². The maximum absolute atomic E-state index is 13.0. The summed E-state index contributed by atoms with van der Waals surface area (Å²) < 4.78 is 27.0. The van der Waals surface area contributed by atoms with Crippen LogP contribution in [-0.4, -0.2) is 121 Å². The normalized spacial score (nSPS) is 12.7. The topological polar surface area (TPSA) is 176 Å². The largest absolute Gasteiger partial charge is 0.483 e. The van der Waals surface area contributed by atoms with E-state index in [0.717, 1.165) is 17.9 Å². The van der Waals surface area contributed by atoms with Gasteiger partial charge in [-0.1, -0.05) is 13.0 Å². The molecule has 14 nitrogen and oxygen atoms in total. The Hall–Kier alpha value is -3.72. The third kappa shape index (κ3) is 12.4. The van der Waals surface area contributed by atoms with Crippen molar-refractivity contribution in [2.45, 2.75) is 32.2 Å². The van der Waals surface area contributed by atoms with Gasteiger partial charge in [0, 0.05) is 26.6 Å². The van der Waals surface area contributed by atoms with E-state index < -0.39 is 30.4 Å². The number of nitrogens with one attached hydrogen (secondary N) is 2. The lowest BCUT2D eigenvalue weighted by molar-refractivity contribution is -0.123. The van der Waals surface area contributed by atoms with E-state index in [1.807, 2.05) is 13.7 Å². The van der Waals surface area contributed by atoms with Crippen LogP contribution < -0.4 is 15.4 Å². The van der Waals surface area contributed by atoms with Gasteiger partial charge >= 0.3 is 0 Å². The number of fused-ring (bicyclic) bond motifs is 1. The van der Waals surface area contributed by atoms with Crippen LogP contribution in [0.1, 0.15) is 46.9 Å². The molecule has 0 spiro atoms. The molecule has 2 rings (SSSR count). The third-order valence-electron chi connectivity index (χ3n) is 5.73. The fourth-order valence-electron chi connectivity index (χ4n) is 3.72. The van der Waals surface area contributed by atoms with Gasteiger partial charge in [-0.2, -0.15) is 0 Å². The summed E-state index contributed by atoms with van der Waals surface area (Å²) in [5.41, 5.74) is 0.0449. The number of nitrogens with zero attached hydrogens (tertiary/aromatic N) is 1. The molecule has 1 heterocycles. The number of carbonyl (C=O) groups excluding carboxylic acids is 6. The van der Waals surface area contributed by atoms with Gasteiger partial charge in [0.2, 0.25) is 5.91 Å². The number of benzene rings is 1. The van der Waals surface area contributed by atoms with Gasteiger partial charge in [0.25, 0.3) is 17.7 Å². The Bertz CT molecular complexity index is 1010.